The summed E-state index contributed by atoms with van der Waals surface area (Å²) < 4.78 is 41.0. The van der Waals surface area contributed by atoms with Crippen LogP contribution in [0.25, 0.3) is 0 Å². The van der Waals surface area contributed by atoms with E-state index in [9.17, 15) is 28.7 Å². The van der Waals surface area contributed by atoms with Gasteiger partial charge in [0, 0.05) is 47.9 Å². The summed E-state index contributed by atoms with van der Waals surface area (Å²) >= 11 is 6.86. The summed E-state index contributed by atoms with van der Waals surface area (Å²) in [6.45, 7) is 12.4. The molecule has 4 atom stereocenters. The number of aliphatic hydroxyl groups is 1. The van der Waals surface area contributed by atoms with E-state index in [-0.39, 0.29) is 37.8 Å². The molecule has 12 heteroatoms. The van der Waals surface area contributed by atoms with Crippen molar-refractivity contribution >= 4 is 44.0 Å². The van der Waals surface area contributed by atoms with Gasteiger partial charge in [-0.1, -0.05) is 102 Å². The number of hydrogen-bond acceptors (Lipinski definition) is 6. The van der Waals surface area contributed by atoms with Crippen LogP contribution in [0.1, 0.15) is 109 Å². The predicted octanol–water partition coefficient (Wildman–Crippen LogP) is 12.8. The fourth-order valence-electron chi connectivity index (χ4n) is 7.83. The highest BCUT2D eigenvalue weighted by molar-refractivity contribution is 9.10. The molecule has 2 aliphatic heterocycles. The lowest BCUT2D eigenvalue weighted by Gasteiger charge is -2.46. The third kappa shape index (κ3) is 11.5. The van der Waals surface area contributed by atoms with E-state index in [1.807, 2.05) is 90.1 Å². The van der Waals surface area contributed by atoms with Crippen LogP contribution in [0.4, 0.5) is 18.4 Å². The second-order valence-corrected chi connectivity index (χ2v) is 18.6. The van der Waals surface area contributed by atoms with E-state index in [2.05, 4.69) is 37.9 Å². The first-order chi connectivity index (χ1) is 27.3. The molecule has 316 valence electrons. The molecule has 0 unspecified atom stereocenters. The lowest BCUT2D eigenvalue weighted by molar-refractivity contribution is -0.0881. The number of nitriles is 1. The molecule has 4 aromatic rings. The van der Waals surface area contributed by atoms with Gasteiger partial charge in [0.15, 0.2) is 0 Å². The molecule has 0 spiro atoms. The molecule has 1 N–H and O–H groups in total. The van der Waals surface area contributed by atoms with Crippen molar-refractivity contribution < 1.29 is 33.0 Å². The molecular weight excluding hydrogens is 884 g/mol. The summed E-state index contributed by atoms with van der Waals surface area (Å²) in [4.78, 5) is 29.5. The van der Waals surface area contributed by atoms with Crippen molar-refractivity contribution in [1.82, 2.24) is 9.80 Å². The summed E-state index contributed by atoms with van der Waals surface area (Å²) in [6, 6.07) is 29.8. The van der Waals surface area contributed by atoms with Crippen LogP contribution in [0.2, 0.25) is 0 Å². The molecule has 0 radical (unpaired) electrons. The minimum Gasteiger partial charge on any atom is -0.438 e. The van der Waals surface area contributed by atoms with Gasteiger partial charge in [0.25, 0.3) is 0 Å². The lowest BCUT2D eigenvalue weighted by atomic mass is 9.75. The average molecular weight is 940 g/mol. The molecule has 0 aromatic heterocycles. The van der Waals surface area contributed by atoms with Crippen molar-refractivity contribution in [3.05, 3.63) is 140 Å². The first-order valence-corrected chi connectivity index (χ1v) is 20.9. The Hall–Kier alpha value is -4.31. The Kier molecular flexibility index (Phi) is 15.6. The summed E-state index contributed by atoms with van der Waals surface area (Å²) in [6.07, 6.45) is 1.06. The normalized spacial score (nSPS) is 20.5. The number of carbonyl (C=O) groups is 2. The van der Waals surface area contributed by atoms with E-state index in [1.54, 1.807) is 34.1 Å². The summed E-state index contributed by atoms with van der Waals surface area (Å²) in [7, 11) is 0. The monoisotopic (exact) mass is 937 g/mol. The highest BCUT2D eigenvalue weighted by atomic mass is 79.9. The van der Waals surface area contributed by atoms with Crippen molar-refractivity contribution in [3.63, 3.8) is 0 Å². The van der Waals surface area contributed by atoms with E-state index < -0.39 is 34.2 Å². The Morgan fingerprint density at radius 3 is 1.37 bits per heavy atom. The minimum atomic E-state index is -0.958. The smallest absolute Gasteiger partial charge is 0.411 e. The summed E-state index contributed by atoms with van der Waals surface area (Å²) in [5, 5.41) is 19.3. The topological polar surface area (TPSA) is 103 Å². The summed E-state index contributed by atoms with van der Waals surface area (Å²) in [5.41, 5.74) is 0.498. The van der Waals surface area contributed by atoms with Gasteiger partial charge >= 0.3 is 12.2 Å². The van der Waals surface area contributed by atoms with Crippen LogP contribution < -0.4 is 0 Å². The molecule has 8 nitrogen and oxygen atoms in total. The Labute approximate surface area is 364 Å². The molecule has 0 saturated carbocycles. The van der Waals surface area contributed by atoms with Gasteiger partial charge in [0.1, 0.15) is 22.8 Å². The quantitative estimate of drug-likeness (QED) is 0.161. The van der Waals surface area contributed by atoms with Crippen LogP contribution in [0.3, 0.4) is 0 Å². The predicted molar refractivity (Wildman–Crippen MR) is 233 cm³/mol. The first-order valence-electron chi connectivity index (χ1n) is 19.4. The zero-order valence-electron chi connectivity index (χ0n) is 33.8. The van der Waals surface area contributed by atoms with Gasteiger partial charge in [-0.15, -0.1) is 0 Å². The Balaban J connectivity index is 0.000000256. The molecular formula is C47H55Br2F2N3O5. The number of rotatable bonds is 11. The maximum absolute atomic E-state index is 13.5. The zero-order valence-corrected chi connectivity index (χ0v) is 36.9. The fourth-order valence-corrected chi connectivity index (χ4v) is 8.36. The Morgan fingerprint density at radius 2 is 1.05 bits per heavy atom. The largest absolute Gasteiger partial charge is 0.438 e. The third-order valence-corrected chi connectivity index (χ3v) is 12.2. The van der Waals surface area contributed by atoms with Gasteiger partial charge in [-0.3, -0.25) is 0 Å². The van der Waals surface area contributed by atoms with Crippen LogP contribution in [-0.4, -0.2) is 46.8 Å². The zero-order chi connectivity index (χ0) is 42.5. The van der Waals surface area contributed by atoms with Gasteiger partial charge < -0.3 is 24.4 Å². The van der Waals surface area contributed by atoms with E-state index in [1.165, 1.54) is 24.3 Å². The van der Waals surface area contributed by atoms with Crippen molar-refractivity contribution in [2.45, 2.75) is 97.9 Å². The van der Waals surface area contributed by atoms with Crippen LogP contribution in [0.15, 0.2) is 106 Å². The van der Waals surface area contributed by atoms with Gasteiger partial charge in [-0.2, -0.15) is 5.26 Å². The summed E-state index contributed by atoms with van der Waals surface area (Å²) in [5.74, 6) is -0.686. The minimum absolute atomic E-state index is 0. The number of amides is 2. The van der Waals surface area contributed by atoms with Crippen molar-refractivity contribution in [3.8, 4) is 6.07 Å². The number of nitrogens with zero attached hydrogens (tertiary/aromatic N) is 3. The fraction of sp³-hybridized carbons (Fsp3) is 0.426. The van der Waals surface area contributed by atoms with E-state index >= 15 is 0 Å². The SMILES string of the molecule is C.C[C@@H](c1ccc(Br)cc1)N1CC[C@](CC(C)(C)C#N)(c2ccc(F)cc2)OC1=O.C[C@@H](c1ccc(Br)cc1)N1CC[C@](CC(C)(C)CO)(c2ccc(F)cc2)OC1=O. The lowest BCUT2D eigenvalue weighted by Crippen LogP contribution is -2.50. The Bertz CT molecular complexity index is 2080. The third-order valence-electron chi connectivity index (χ3n) is 11.2. The molecule has 4 aromatic carbocycles. The number of ether oxygens (including phenoxy) is 2. The van der Waals surface area contributed by atoms with Gasteiger partial charge in [-0.05, 0) is 110 Å². The van der Waals surface area contributed by atoms with Crippen LogP contribution in [-0.2, 0) is 20.7 Å². The molecule has 0 aliphatic carbocycles. The average Bonchev–Trinajstić information content (AvgIpc) is 3.18. The number of carbonyl (C=O) groups excluding carboxylic acids is 2. The van der Waals surface area contributed by atoms with Crippen molar-refractivity contribution in [2.75, 3.05) is 19.7 Å². The van der Waals surface area contributed by atoms with Gasteiger partial charge in [-0.25, -0.2) is 18.4 Å². The number of benzene rings is 4. The second kappa shape index (κ2) is 19.4. The van der Waals surface area contributed by atoms with E-state index in [0.717, 1.165) is 25.6 Å². The highest BCUT2D eigenvalue weighted by Crippen LogP contribution is 2.46. The number of hydrogen-bond donors (Lipinski definition) is 1. The second-order valence-electron chi connectivity index (χ2n) is 16.8. The van der Waals surface area contributed by atoms with Crippen LogP contribution >= 0.6 is 31.9 Å². The van der Waals surface area contributed by atoms with Crippen LogP contribution in [0, 0.1) is 33.8 Å². The molecule has 6 rings (SSSR count). The molecule has 2 heterocycles. The molecule has 59 heavy (non-hydrogen) atoms. The van der Waals surface area contributed by atoms with Crippen molar-refractivity contribution in [1.29, 1.82) is 5.26 Å². The number of aliphatic hydroxyl groups excluding tert-OH is 1. The molecule has 2 amide bonds. The molecule has 2 fully saturated rings. The molecule has 2 saturated heterocycles. The van der Waals surface area contributed by atoms with E-state index in [4.69, 9.17) is 9.47 Å². The van der Waals surface area contributed by atoms with Crippen molar-refractivity contribution in [2.24, 2.45) is 10.8 Å². The maximum Gasteiger partial charge on any atom is 0.411 e. The van der Waals surface area contributed by atoms with Gasteiger partial charge in [0.05, 0.1) is 23.6 Å². The molecule has 0 bridgehead atoms. The number of cyclic esters (lactones) is 2. The maximum atomic E-state index is 13.5. The Morgan fingerprint density at radius 1 is 0.695 bits per heavy atom. The molecule has 2 aliphatic rings. The van der Waals surface area contributed by atoms with Gasteiger partial charge in [0.2, 0.25) is 0 Å². The first kappa shape index (κ1) is 47.4. The highest BCUT2D eigenvalue weighted by Gasteiger charge is 2.48. The standard InChI is InChI=1S/C23H24BrFN2O2.C23H27BrFNO3.CH4/c1-16(17-4-8-19(24)9-5-17)27-13-12-23(29-21(27)28,14-22(2,3)15-26)18-6-10-20(25)11-7-18;1-16(17-4-8-19(24)9-5-17)26-13-12-23(29-21(26)28,14-22(2,3)15-27)18-6-10-20(25)11-7-18;/h4-11,16H,12-14H2,1-3H3;4-11,16,27H,12-15H2,1-3H3;1H4/t2*16-,23-;/m00./s1. The van der Waals surface area contributed by atoms with Crippen LogP contribution in [0.5, 0.6) is 0 Å². The van der Waals surface area contributed by atoms with E-state index in [0.29, 0.717) is 44.3 Å². The number of halogens is 4.